The van der Waals surface area contributed by atoms with Crippen molar-refractivity contribution in [3.63, 3.8) is 0 Å². The normalized spacial score (nSPS) is 10.2. The Kier molecular flexibility index (Phi) is 4.50. The van der Waals surface area contributed by atoms with Crippen molar-refractivity contribution in [2.24, 2.45) is 0 Å². The maximum Gasteiger partial charge on any atom is 0.335 e. The van der Waals surface area contributed by atoms with E-state index in [1.54, 1.807) is 12.1 Å². The lowest BCUT2D eigenvalue weighted by atomic mass is 10.1. The molecule has 108 valence electrons. The van der Waals surface area contributed by atoms with Crippen molar-refractivity contribution in [2.75, 3.05) is 11.1 Å². The van der Waals surface area contributed by atoms with Gasteiger partial charge in [-0.2, -0.15) is 0 Å². The van der Waals surface area contributed by atoms with Gasteiger partial charge in [-0.05, 0) is 52.3 Å². The number of amides is 1. The monoisotopic (exact) mass is 368 g/mol. The number of benzene rings is 2. The molecule has 5 nitrogen and oxygen atoms in total. The van der Waals surface area contributed by atoms with E-state index in [0.717, 1.165) is 0 Å². The van der Waals surface area contributed by atoms with Crippen molar-refractivity contribution in [2.45, 2.75) is 0 Å². The molecule has 0 aliphatic heterocycles. The Labute approximate surface area is 133 Å². The Morgan fingerprint density at radius 3 is 2.48 bits per heavy atom. The highest BCUT2D eigenvalue weighted by Gasteiger charge is 2.11. The number of nitrogens with two attached hydrogens (primary N) is 1. The Morgan fingerprint density at radius 2 is 1.86 bits per heavy atom. The molecule has 2 aromatic carbocycles. The minimum absolute atomic E-state index is 0.00637. The molecule has 0 bridgehead atoms. The number of carboxylic acid groups (broad SMARTS) is 1. The number of carboxylic acids is 1. The molecule has 0 saturated heterocycles. The molecule has 0 radical (unpaired) electrons. The lowest BCUT2D eigenvalue weighted by Gasteiger charge is -2.08. The predicted molar refractivity (Wildman–Crippen MR) is 84.9 cm³/mol. The highest BCUT2D eigenvalue weighted by Crippen LogP contribution is 2.22. The molecule has 0 aliphatic carbocycles. The van der Waals surface area contributed by atoms with Gasteiger partial charge < -0.3 is 16.2 Å². The number of nitrogens with one attached hydrogen (secondary N) is 1. The summed E-state index contributed by atoms with van der Waals surface area (Å²) < 4.78 is 0.690. The average Bonchev–Trinajstić information content (AvgIpc) is 2.41. The third-order valence-corrected chi connectivity index (χ3v) is 3.60. The van der Waals surface area contributed by atoms with Crippen LogP contribution in [0.3, 0.4) is 0 Å². The summed E-state index contributed by atoms with van der Waals surface area (Å²) >= 11 is 9.07. The number of anilines is 2. The molecule has 21 heavy (non-hydrogen) atoms. The number of rotatable bonds is 3. The molecular formula is C14H10BrClN2O3. The molecule has 2 rings (SSSR count). The van der Waals surface area contributed by atoms with Gasteiger partial charge in [0.25, 0.3) is 5.91 Å². The number of carbonyl (C=O) groups is 2. The second-order valence-corrected chi connectivity index (χ2v) is 5.51. The van der Waals surface area contributed by atoms with Gasteiger partial charge in [0.05, 0.1) is 5.56 Å². The maximum absolute atomic E-state index is 12.1. The van der Waals surface area contributed by atoms with Crippen LogP contribution in [0.25, 0.3) is 0 Å². The SMILES string of the molecule is Nc1cc(C(=O)Nc2cc(Cl)cc(C(=O)O)c2)ccc1Br. The molecule has 2 aromatic rings. The van der Waals surface area contributed by atoms with Crippen LogP contribution in [0.1, 0.15) is 20.7 Å². The fourth-order valence-corrected chi connectivity index (χ4v) is 2.16. The minimum atomic E-state index is -1.12. The molecule has 0 unspecified atom stereocenters. The first-order valence-electron chi connectivity index (χ1n) is 5.77. The lowest BCUT2D eigenvalue weighted by molar-refractivity contribution is 0.0696. The zero-order chi connectivity index (χ0) is 15.6. The van der Waals surface area contributed by atoms with Gasteiger partial charge in [-0.25, -0.2) is 4.79 Å². The zero-order valence-electron chi connectivity index (χ0n) is 10.6. The van der Waals surface area contributed by atoms with E-state index >= 15 is 0 Å². The molecule has 0 spiro atoms. The van der Waals surface area contributed by atoms with Crippen molar-refractivity contribution < 1.29 is 14.7 Å². The maximum atomic E-state index is 12.1. The standard InChI is InChI=1S/C14H10BrClN2O3/c15-11-2-1-7(5-12(11)17)13(19)18-10-4-8(14(20)21)3-9(16)6-10/h1-6H,17H2,(H,18,19)(H,20,21). The fraction of sp³-hybridized carbons (Fsp3) is 0. The van der Waals surface area contributed by atoms with E-state index in [0.29, 0.717) is 21.4 Å². The molecule has 0 saturated carbocycles. The summed E-state index contributed by atoms with van der Waals surface area (Å²) in [7, 11) is 0. The van der Waals surface area contributed by atoms with Crippen LogP contribution in [0, 0.1) is 0 Å². The quantitative estimate of drug-likeness (QED) is 0.720. The van der Waals surface area contributed by atoms with E-state index < -0.39 is 11.9 Å². The molecule has 0 fully saturated rings. The van der Waals surface area contributed by atoms with E-state index in [2.05, 4.69) is 21.2 Å². The van der Waals surface area contributed by atoms with Gasteiger partial charge >= 0.3 is 5.97 Å². The van der Waals surface area contributed by atoms with Gasteiger partial charge in [0.1, 0.15) is 0 Å². The second kappa shape index (κ2) is 6.15. The number of nitrogen functional groups attached to an aromatic ring is 1. The molecule has 0 aromatic heterocycles. The first-order valence-corrected chi connectivity index (χ1v) is 6.94. The van der Waals surface area contributed by atoms with Gasteiger partial charge in [0, 0.05) is 26.4 Å². The summed E-state index contributed by atoms with van der Waals surface area (Å²) in [6.07, 6.45) is 0. The summed E-state index contributed by atoms with van der Waals surface area (Å²) in [6, 6.07) is 8.87. The molecule has 0 heterocycles. The number of halogens is 2. The van der Waals surface area contributed by atoms with Crippen molar-refractivity contribution in [1.29, 1.82) is 0 Å². The van der Waals surface area contributed by atoms with Crippen LogP contribution < -0.4 is 11.1 Å². The summed E-state index contributed by atoms with van der Waals surface area (Å²) in [6.45, 7) is 0. The van der Waals surface area contributed by atoms with Crippen molar-refractivity contribution in [3.8, 4) is 0 Å². The number of hydrogen-bond acceptors (Lipinski definition) is 3. The molecule has 1 amide bonds. The van der Waals surface area contributed by atoms with Gasteiger partial charge in [-0.3, -0.25) is 4.79 Å². The van der Waals surface area contributed by atoms with Crippen LogP contribution in [0.15, 0.2) is 40.9 Å². The van der Waals surface area contributed by atoms with Crippen molar-refractivity contribution in [1.82, 2.24) is 0 Å². The van der Waals surface area contributed by atoms with Crippen LogP contribution in [0.2, 0.25) is 5.02 Å². The van der Waals surface area contributed by atoms with Gasteiger partial charge in [0.2, 0.25) is 0 Å². The molecule has 0 aliphatic rings. The van der Waals surface area contributed by atoms with Crippen LogP contribution in [-0.2, 0) is 0 Å². The van der Waals surface area contributed by atoms with E-state index in [1.165, 1.54) is 24.3 Å². The number of aromatic carboxylic acids is 1. The topological polar surface area (TPSA) is 92.4 Å². The van der Waals surface area contributed by atoms with Crippen molar-refractivity contribution >= 4 is 50.8 Å². The second-order valence-electron chi connectivity index (χ2n) is 4.22. The largest absolute Gasteiger partial charge is 0.478 e. The third-order valence-electron chi connectivity index (χ3n) is 2.66. The first-order chi connectivity index (χ1) is 9.86. The molecule has 4 N–H and O–H groups in total. The Morgan fingerprint density at radius 1 is 1.14 bits per heavy atom. The fourth-order valence-electron chi connectivity index (χ4n) is 1.67. The Hall–Kier alpha value is -2.05. The minimum Gasteiger partial charge on any atom is -0.478 e. The summed E-state index contributed by atoms with van der Waals surface area (Å²) in [5.41, 5.74) is 6.79. The Bertz CT molecular complexity index is 734. The molecule has 0 atom stereocenters. The third kappa shape index (κ3) is 3.74. The summed E-state index contributed by atoms with van der Waals surface area (Å²) in [5, 5.41) is 11.8. The van der Waals surface area contributed by atoms with Gasteiger partial charge in [0.15, 0.2) is 0 Å². The van der Waals surface area contributed by atoms with E-state index in [9.17, 15) is 9.59 Å². The van der Waals surface area contributed by atoms with E-state index in [4.69, 9.17) is 22.4 Å². The highest BCUT2D eigenvalue weighted by atomic mass is 79.9. The highest BCUT2D eigenvalue weighted by molar-refractivity contribution is 9.10. The Balaban J connectivity index is 2.27. The van der Waals surface area contributed by atoms with Crippen LogP contribution >= 0.6 is 27.5 Å². The van der Waals surface area contributed by atoms with E-state index in [1.807, 2.05) is 0 Å². The van der Waals surface area contributed by atoms with Gasteiger partial charge in [-0.1, -0.05) is 11.6 Å². The smallest absolute Gasteiger partial charge is 0.335 e. The van der Waals surface area contributed by atoms with Crippen LogP contribution in [-0.4, -0.2) is 17.0 Å². The first kappa shape index (κ1) is 15.3. The molecular weight excluding hydrogens is 360 g/mol. The van der Waals surface area contributed by atoms with Gasteiger partial charge in [-0.15, -0.1) is 0 Å². The molecule has 7 heteroatoms. The van der Waals surface area contributed by atoms with E-state index in [-0.39, 0.29) is 10.6 Å². The number of carbonyl (C=O) groups excluding carboxylic acids is 1. The summed E-state index contributed by atoms with van der Waals surface area (Å²) in [5.74, 6) is -1.53. The lowest BCUT2D eigenvalue weighted by Crippen LogP contribution is -2.13. The van der Waals surface area contributed by atoms with Crippen LogP contribution in [0.5, 0.6) is 0 Å². The number of hydrogen-bond donors (Lipinski definition) is 3. The summed E-state index contributed by atoms with van der Waals surface area (Å²) in [4.78, 5) is 23.0. The van der Waals surface area contributed by atoms with Crippen molar-refractivity contribution in [3.05, 3.63) is 57.0 Å². The average molecular weight is 370 g/mol. The van der Waals surface area contributed by atoms with Crippen LogP contribution in [0.4, 0.5) is 11.4 Å². The zero-order valence-corrected chi connectivity index (χ0v) is 12.9. The predicted octanol–water partition coefficient (Wildman–Crippen LogP) is 3.64.